The first-order valence-electron chi connectivity index (χ1n) is 9.52. The van der Waals surface area contributed by atoms with Gasteiger partial charge in [-0.3, -0.25) is 9.69 Å². The lowest BCUT2D eigenvalue weighted by atomic mass is 10.1. The molecular weight excluding hydrogens is 368 g/mol. The molecule has 1 amide bonds. The quantitative estimate of drug-likeness (QED) is 0.654. The Kier molecular flexibility index (Phi) is 5.74. The van der Waals surface area contributed by atoms with E-state index in [0.717, 1.165) is 25.2 Å². The first kappa shape index (κ1) is 18.7. The van der Waals surface area contributed by atoms with Gasteiger partial charge >= 0.3 is 0 Å². The zero-order valence-corrected chi connectivity index (χ0v) is 16.7. The van der Waals surface area contributed by atoms with Gasteiger partial charge in [0.15, 0.2) is 0 Å². The van der Waals surface area contributed by atoms with Crippen LogP contribution in [0.3, 0.4) is 0 Å². The molecule has 0 atom stereocenters. The van der Waals surface area contributed by atoms with Crippen LogP contribution in [0.25, 0.3) is 0 Å². The molecule has 2 aromatic carbocycles. The van der Waals surface area contributed by atoms with Crippen molar-refractivity contribution in [1.29, 1.82) is 0 Å². The van der Waals surface area contributed by atoms with Gasteiger partial charge in [0.25, 0.3) is 5.91 Å². The van der Waals surface area contributed by atoms with Crippen LogP contribution in [0.4, 0.5) is 0 Å². The molecule has 1 aliphatic rings. The third-order valence-corrected chi connectivity index (χ3v) is 5.99. The fourth-order valence-electron chi connectivity index (χ4n) is 3.31. The Morgan fingerprint density at radius 1 is 1.11 bits per heavy atom. The summed E-state index contributed by atoms with van der Waals surface area (Å²) >= 11 is 1.81. The second-order valence-electron chi connectivity index (χ2n) is 7.13. The van der Waals surface area contributed by atoms with E-state index in [-0.39, 0.29) is 12.0 Å². The van der Waals surface area contributed by atoms with Gasteiger partial charge in [0.2, 0.25) is 0 Å². The summed E-state index contributed by atoms with van der Waals surface area (Å²) < 4.78 is 6.14. The molecule has 0 bridgehead atoms. The van der Waals surface area contributed by atoms with Gasteiger partial charge < -0.3 is 10.1 Å². The molecule has 0 unspecified atom stereocenters. The summed E-state index contributed by atoms with van der Waals surface area (Å²) in [6, 6.07) is 19.6. The molecule has 4 rings (SSSR count). The highest BCUT2D eigenvalue weighted by Gasteiger charge is 2.29. The Labute approximate surface area is 169 Å². The van der Waals surface area contributed by atoms with Gasteiger partial charge in [-0.1, -0.05) is 42.5 Å². The van der Waals surface area contributed by atoms with Gasteiger partial charge in [-0.15, -0.1) is 11.3 Å². The highest BCUT2D eigenvalue weighted by molar-refractivity contribution is 7.10. The van der Waals surface area contributed by atoms with E-state index in [2.05, 4.69) is 28.6 Å². The van der Waals surface area contributed by atoms with E-state index in [9.17, 15) is 4.79 Å². The van der Waals surface area contributed by atoms with E-state index in [1.807, 2.05) is 54.6 Å². The number of carbonyl (C=O) groups excluding carboxylic acids is 1. The van der Waals surface area contributed by atoms with Crippen LogP contribution in [0.15, 0.2) is 66.0 Å². The van der Waals surface area contributed by atoms with Gasteiger partial charge in [-0.25, -0.2) is 0 Å². The highest BCUT2D eigenvalue weighted by atomic mass is 32.1. The molecule has 1 N–H and O–H groups in total. The zero-order valence-electron chi connectivity index (χ0n) is 15.9. The molecule has 4 nitrogen and oxygen atoms in total. The van der Waals surface area contributed by atoms with Crippen molar-refractivity contribution in [2.75, 3.05) is 13.1 Å². The second kappa shape index (κ2) is 8.59. The lowest BCUT2D eigenvalue weighted by Gasteiger charge is -2.39. The number of rotatable bonds is 7. The standard InChI is InChI=1S/C23H24N2O2S/c1-17-11-12-28-22(17)16-25-14-19(15-25)27-21-10-6-5-9-20(21)23(26)24-13-18-7-3-2-4-8-18/h2-12,19H,13-16H2,1H3,(H,24,26). The third-order valence-electron chi connectivity index (χ3n) is 4.98. The van der Waals surface area contributed by atoms with Crippen LogP contribution in [-0.2, 0) is 13.1 Å². The van der Waals surface area contributed by atoms with Crippen LogP contribution >= 0.6 is 11.3 Å². The molecule has 1 fully saturated rings. The van der Waals surface area contributed by atoms with E-state index < -0.39 is 0 Å². The van der Waals surface area contributed by atoms with Crippen LogP contribution < -0.4 is 10.1 Å². The molecule has 0 spiro atoms. The average molecular weight is 393 g/mol. The van der Waals surface area contributed by atoms with E-state index in [0.29, 0.717) is 17.9 Å². The Balaban J connectivity index is 1.32. The fourth-order valence-corrected chi connectivity index (χ4v) is 4.25. The molecule has 1 saturated heterocycles. The molecular formula is C23H24N2O2S. The van der Waals surface area contributed by atoms with Crippen molar-refractivity contribution in [3.05, 3.63) is 87.6 Å². The molecule has 3 aromatic rings. The number of ether oxygens (including phenoxy) is 1. The Morgan fingerprint density at radius 2 is 1.86 bits per heavy atom. The number of hydrogen-bond acceptors (Lipinski definition) is 4. The molecule has 0 aliphatic carbocycles. The number of amides is 1. The third kappa shape index (κ3) is 4.43. The summed E-state index contributed by atoms with van der Waals surface area (Å²) in [5.41, 5.74) is 3.02. The Hall–Kier alpha value is -2.63. The molecule has 1 aromatic heterocycles. The zero-order chi connectivity index (χ0) is 19.3. The van der Waals surface area contributed by atoms with Crippen molar-refractivity contribution in [2.45, 2.75) is 26.1 Å². The minimum absolute atomic E-state index is 0.107. The summed E-state index contributed by atoms with van der Waals surface area (Å²) in [6.45, 7) is 5.41. The molecule has 1 aliphatic heterocycles. The molecule has 0 radical (unpaired) electrons. The van der Waals surface area contributed by atoms with Crippen LogP contribution in [0.5, 0.6) is 5.75 Å². The summed E-state index contributed by atoms with van der Waals surface area (Å²) in [5.74, 6) is 0.551. The topological polar surface area (TPSA) is 41.6 Å². The smallest absolute Gasteiger partial charge is 0.255 e. The van der Waals surface area contributed by atoms with Gasteiger partial charge in [-0.2, -0.15) is 0 Å². The minimum Gasteiger partial charge on any atom is -0.487 e. The molecule has 5 heteroatoms. The Morgan fingerprint density at radius 3 is 2.61 bits per heavy atom. The van der Waals surface area contributed by atoms with E-state index in [4.69, 9.17) is 4.74 Å². The Bertz CT molecular complexity index is 933. The lowest BCUT2D eigenvalue weighted by molar-refractivity contribution is 0.0146. The van der Waals surface area contributed by atoms with Gasteiger partial charge in [-0.05, 0) is 41.6 Å². The SMILES string of the molecule is Cc1ccsc1CN1CC(Oc2ccccc2C(=O)NCc2ccccc2)C1. The summed E-state index contributed by atoms with van der Waals surface area (Å²) in [7, 11) is 0. The number of carbonyl (C=O) groups is 1. The van der Waals surface area contributed by atoms with E-state index in [1.165, 1.54) is 10.4 Å². The highest BCUT2D eigenvalue weighted by Crippen LogP contribution is 2.25. The summed E-state index contributed by atoms with van der Waals surface area (Å²) in [4.78, 5) is 16.4. The molecule has 2 heterocycles. The van der Waals surface area contributed by atoms with Gasteiger partial charge in [0.05, 0.1) is 5.56 Å². The molecule has 28 heavy (non-hydrogen) atoms. The number of aryl methyl sites for hydroxylation is 1. The van der Waals surface area contributed by atoms with Crippen molar-refractivity contribution < 1.29 is 9.53 Å². The van der Waals surface area contributed by atoms with Crippen LogP contribution in [0.1, 0.15) is 26.4 Å². The lowest BCUT2D eigenvalue weighted by Crippen LogP contribution is -2.53. The van der Waals surface area contributed by atoms with E-state index >= 15 is 0 Å². The first-order chi connectivity index (χ1) is 13.7. The van der Waals surface area contributed by atoms with Crippen molar-refractivity contribution in [3.8, 4) is 5.75 Å². The first-order valence-corrected chi connectivity index (χ1v) is 10.4. The second-order valence-corrected chi connectivity index (χ2v) is 8.13. The number of para-hydroxylation sites is 1. The summed E-state index contributed by atoms with van der Waals surface area (Å²) in [5, 5.41) is 5.12. The maximum atomic E-state index is 12.6. The largest absolute Gasteiger partial charge is 0.487 e. The minimum atomic E-state index is -0.107. The number of nitrogens with zero attached hydrogens (tertiary/aromatic N) is 1. The predicted molar refractivity (Wildman–Crippen MR) is 113 cm³/mol. The van der Waals surface area contributed by atoms with Crippen molar-refractivity contribution in [1.82, 2.24) is 10.2 Å². The summed E-state index contributed by atoms with van der Waals surface area (Å²) in [6.07, 6.45) is 0.128. The van der Waals surface area contributed by atoms with Crippen LogP contribution in [-0.4, -0.2) is 30.0 Å². The van der Waals surface area contributed by atoms with Gasteiger partial charge in [0.1, 0.15) is 11.9 Å². The number of nitrogens with one attached hydrogen (secondary N) is 1. The molecule has 0 saturated carbocycles. The maximum Gasteiger partial charge on any atom is 0.255 e. The number of thiophene rings is 1. The maximum absolute atomic E-state index is 12.6. The number of hydrogen-bond donors (Lipinski definition) is 1. The number of likely N-dealkylation sites (tertiary alicyclic amines) is 1. The van der Waals surface area contributed by atoms with Crippen molar-refractivity contribution in [2.24, 2.45) is 0 Å². The average Bonchev–Trinajstić information content (AvgIpc) is 3.10. The normalized spacial score (nSPS) is 14.5. The number of benzene rings is 2. The predicted octanol–water partition coefficient (Wildman–Crippen LogP) is 4.25. The van der Waals surface area contributed by atoms with Crippen molar-refractivity contribution in [3.63, 3.8) is 0 Å². The monoisotopic (exact) mass is 392 g/mol. The van der Waals surface area contributed by atoms with E-state index in [1.54, 1.807) is 11.3 Å². The molecule has 144 valence electrons. The van der Waals surface area contributed by atoms with Gasteiger partial charge in [0, 0.05) is 31.1 Å². The van der Waals surface area contributed by atoms with Crippen LogP contribution in [0, 0.1) is 6.92 Å². The van der Waals surface area contributed by atoms with Crippen LogP contribution in [0.2, 0.25) is 0 Å². The fraction of sp³-hybridized carbons (Fsp3) is 0.261. The van der Waals surface area contributed by atoms with Crippen molar-refractivity contribution >= 4 is 17.2 Å².